The van der Waals surface area contributed by atoms with E-state index in [1.165, 1.54) is 4.31 Å². The van der Waals surface area contributed by atoms with Gasteiger partial charge in [0, 0.05) is 26.2 Å². The lowest BCUT2D eigenvalue weighted by Crippen LogP contribution is -2.46. The highest BCUT2D eigenvalue weighted by molar-refractivity contribution is 7.89. The smallest absolute Gasteiger partial charge is 0.243 e. The Morgan fingerprint density at radius 1 is 1.11 bits per heavy atom. The second kappa shape index (κ2) is 8.88. The molecule has 0 aliphatic carbocycles. The second-order valence-electron chi connectivity index (χ2n) is 7.35. The van der Waals surface area contributed by atoms with Crippen molar-refractivity contribution >= 4 is 15.9 Å². The van der Waals surface area contributed by atoms with Crippen molar-refractivity contribution in [2.45, 2.75) is 38.1 Å². The molecular formula is C22H28N2O3S. The van der Waals surface area contributed by atoms with E-state index >= 15 is 0 Å². The second-order valence-corrected chi connectivity index (χ2v) is 9.29. The van der Waals surface area contributed by atoms with Gasteiger partial charge in [-0.25, -0.2) is 8.42 Å². The number of piperidine rings is 1. The molecule has 1 aliphatic rings. The fourth-order valence-corrected chi connectivity index (χ4v) is 5.15. The Hall–Kier alpha value is -2.18. The van der Waals surface area contributed by atoms with E-state index in [1.807, 2.05) is 49.1 Å². The van der Waals surface area contributed by atoms with Crippen molar-refractivity contribution in [1.29, 1.82) is 0 Å². The molecule has 0 saturated carbocycles. The lowest BCUT2D eigenvalue weighted by molar-refractivity contribution is -0.137. The summed E-state index contributed by atoms with van der Waals surface area (Å²) in [6.07, 6.45) is 1.43. The van der Waals surface area contributed by atoms with Gasteiger partial charge in [0.2, 0.25) is 15.9 Å². The van der Waals surface area contributed by atoms with Gasteiger partial charge < -0.3 is 4.90 Å². The van der Waals surface area contributed by atoms with E-state index in [-0.39, 0.29) is 18.4 Å². The van der Waals surface area contributed by atoms with Gasteiger partial charge in [-0.05, 0) is 44.4 Å². The van der Waals surface area contributed by atoms with E-state index in [9.17, 15) is 13.2 Å². The van der Waals surface area contributed by atoms with Crippen LogP contribution in [0, 0.1) is 12.8 Å². The zero-order valence-corrected chi connectivity index (χ0v) is 17.4. The first kappa shape index (κ1) is 20.6. The molecule has 2 aromatic carbocycles. The Labute approximate surface area is 168 Å². The van der Waals surface area contributed by atoms with Crippen molar-refractivity contribution in [2.75, 3.05) is 19.6 Å². The van der Waals surface area contributed by atoms with Gasteiger partial charge in [0.15, 0.2) is 0 Å². The molecule has 0 N–H and O–H groups in total. The molecule has 0 bridgehead atoms. The molecule has 6 heteroatoms. The minimum Gasteiger partial charge on any atom is -0.338 e. The zero-order chi connectivity index (χ0) is 20.1. The first-order chi connectivity index (χ1) is 13.4. The van der Waals surface area contributed by atoms with Gasteiger partial charge in [0.05, 0.1) is 10.8 Å². The summed E-state index contributed by atoms with van der Waals surface area (Å²) in [7, 11) is -3.57. The van der Waals surface area contributed by atoms with Crippen LogP contribution in [-0.4, -0.2) is 43.2 Å². The van der Waals surface area contributed by atoms with Crippen LogP contribution in [0.15, 0.2) is 59.5 Å². The van der Waals surface area contributed by atoms with Crippen molar-refractivity contribution < 1.29 is 13.2 Å². The van der Waals surface area contributed by atoms with Crippen LogP contribution in [0.4, 0.5) is 0 Å². The minimum atomic E-state index is -3.57. The predicted molar refractivity (Wildman–Crippen MR) is 110 cm³/mol. The van der Waals surface area contributed by atoms with Crippen LogP contribution in [0.5, 0.6) is 0 Å². The number of hydrogen-bond donors (Lipinski definition) is 0. The normalized spacial score (nSPS) is 18.0. The Kier molecular flexibility index (Phi) is 6.52. The Morgan fingerprint density at radius 3 is 2.43 bits per heavy atom. The van der Waals surface area contributed by atoms with Crippen LogP contribution in [-0.2, 0) is 21.4 Å². The predicted octanol–water partition coefficient (Wildman–Crippen LogP) is 3.44. The summed E-state index contributed by atoms with van der Waals surface area (Å²) in [5, 5.41) is 0. The van der Waals surface area contributed by atoms with Gasteiger partial charge in [-0.1, -0.05) is 48.0 Å². The molecule has 0 spiro atoms. The zero-order valence-electron chi connectivity index (χ0n) is 16.5. The molecule has 28 heavy (non-hydrogen) atoms. The maximum Gasteiger partial charge on any atom is 0.243 e. The highest BCUT2D eigenvalue weighted by Crippen LogP contribution is 2.25. The van der Waals surface area contributed by atoms with Crippen LogP contribution < -0.4 is 0 Å². The van der Waals surface area contributed by atoms with E-state index in [0.717, 1.165) is 17.5 Å². The third kappa shape index (κ3) is 4.62. The average molecular weight is 401 g/mol. The molecule has 1 aliphatic heterocycles. The van der Waals surface area contributed by atoms with Crippen molar-refractivity contribution in [1.82, 2.24) is 9.21 Å². The minimum absolute atomic E-state index is 0.0372. The largest absolute Gasteiger partial charge is 0.338 e. The van der Waals surface area contributed by atoms with Gasteiger partial charge in [-0.15, -0.1) is 0 Å². The molecule has 0 unspecified atom stereocenters. The molecule has 1 fully saturated rings. The van der Waals surface area contributed by atoms with E-state index in [1.54, 1.807) is 24.3 Å². The highest BCUT2D eigenvalue weighted by atomic mass is 32.2. The molecule has 150 valence electrons. The van der Waals surface area contributed by atoms with E-state index in [4.69, 9.17) is 0 Å². The summed E-state index contributed by atoms with van der Waals surface area (Å²) in [6.45, 7) is 5.76. The molecule has 1 heterocycles. The SMILES string of the molecule is CCN(Cc1ccccc1)C(=O)[C@H]1CCCN(S(=O)(=O)c2ccc(C)cc2)C1. The molecule has 5 nitrogen and oxygen atoms in total. The molecule has 2 aromatic rings. The number of aryl methyl sites for hydroxylation is 1. The molecule has 1 amide bonds. The molecule has 1 atom stereocenters. The summed E-state index contributed by atoms with van der Waals surface area (Å²) in [6, 6.07) is 16.8. The summed E-state index contributed by atoms with van der Waals surface area (Å²) in [4.78, 5) is 15.2. The molecule has 0 aromatic heterocycles. The van der Waals surface area contributed by atoms with Crippen molar-refractivity contribution in [2.24, 2.45) is 5.92 Å². The number of nitrogens with zero attached hydrogens (tertiary/aromatic N) is 2. The Bertz CT molecular complexity index is 895. The summed E-state index contributed by atoms with van der Waals surface area (Å²) in [5.74, 6) is -0.257. The van der Waals surface area contributed by atoms with Gasteiger partial charge >= 0.3 is 0 Å². The first-order valence-corrected chi connectivity index (χ1v) is 11.3. The maximum atomic E-state index is 13.1. The van der Waals surface area contributed by atoms with E-state index in [0.29, 0.717) is 31.0 Å². The molecule has 3 rings (SSSR count). The van der Waals surface area contributed by atoms with Crippen LogP contribution in [0.3, 0.4) is 0 Å². The number of sulfonamides is 1. The summed E-state index contributed by atoms with van der Waals surface area (Å²) in [5.41, 5.74) is 2.10. The lowest BCUT2D eigenvalue weighted by Gasteiger charge is -2.34. The summed E-state index contributed by atoms with van der Waals surface area (Å²) < 4.78 is 27.5. The fourth-order valence-electron chi connectivity index (χ4n) is 3.63. The quantitative estimate of drug-likeness (QED) is 0.746. The van der Waals surface area contributed by atoms with Crippen molar-refractivity contribution in [3.63, 3.8) is 0 Å². The standard InChI is InChI=1S/C22H28N2O3S/c1-3-23(16-19-8-5-4-6-9-19)22(25)20-10-7-15-24(17-20)28(26,27)21-13-11-18(2)12-14-21/h4-6,8-9,11-14,20H,3,7,10,15-17H2,1-2H3/t20-/m0/s1. The van der Waals surface area contributed by atoms with Gasteiger partial charge in [0.25, 0.3) is 0 Å². The monoisotopic (exact) mass is 400 g/mol. The molecular weight excluding hydrogens is 372 g/mol. The summed E-state index contributed by atoms with van der Waals surface area (Å²) >= 11 is 0. The average Bonchev–Trinajstić information content (AvgIpc) is 2.72. The molecule has 1 saturated heterocycles. The van der Waals surface area contributed by atoms with E-state index < -0.39 is 10.0 Å². The van der Waals surface area contributed by atoms with Gasteiger partial charge in [-0.3, -0.25) is 4.79 Å². The van der Waals surface area contributed by atoms with Gasteiger partial charge in [0.1, 0.15) is 0 Å². The number of hydrogen-bond acceptors (Lipinski definition) is 3. The van der Waals surface area contributed by atoms with Crippen LogP contribution in [0.25, 0.3) is 0 Å². The Morgan fingerprint density at radius 2 is 1.79 bits per heavy atom. The fraction of sp³-hybridized carbons (Fsp3) is 0.409. The lowest BCUT2D eigenvalue weighted by atomic mass is 9.98. The van der Waals surface area contributed by atoms with Crippen molar-refractivity contribution in [3.05, 3.63) is 65.7 Å². The first-order valence-electron chi connectivity index (χ1n) is 9.81. The maximum absolute atomic E-state index is 13.1. The Balaban J connectivity index is 1.72. The third-order valence-electron chi connectivity index (χ3n) is 5.30. The van der Waals surface area contributed by atoms with Crippen LogP contribution in [0.2, 0.25) is 0 Å². The number of carbonyl (C=O) groups excluding carboxylic acids is 1. The number of benzene rings is 2. The molecule has 0 radical (unpaired) electrons. The van der Waals surface area contributed by atoms with E-state index in [2.05, 4.69) is 0 Å². The van der Waals surface area contributed by atoms with Crippen LogP contribution in [0.1, 0.15) is 30.9 Å². The van der Waals surface area contributed by atoms with Gasteiger partial charge in [-0.2, -0.15) is 4.31 Å². The number of carbonyl (C=O) groups is 1. The third-order valence-corrected chi connectivity index (χ3v) is 7.18. The van der Waals surface area contributed by atoms with Crippen molar-refractivity contribution in [3.8, 4) is 0 Å². The highest BCUT2D eigenvalue weighted by Gasteiger charge is 2.34. The number of rotatable bonds is 6. The van der Waals surface area contributed by atoms with Crippen LogP contribution >= 0.6 is 0 Å². The topological polar surface area (TPSA) is 57.7 Å². The number of amides is 1.